The molecule has 0 bridgehead atoms. The molecule has 10 heteroatoms. The summed E-state index contributed by atoms with van der Waals surface area (Å²) < 4.78 is 59.0. The normalized spacial score (nSPS) is 17.5. The number of hydrogen-bond acceptors (Lipinski definition) is 8. The Morgan fingerprint density at radius 1 is 0.732 bits per heavy atom. The van der Waals surface area contributed by atoms with E-state index in [1.165, 1.54) is 24.3 Å². The minimum Gasteiger partial charge on any atom is -0.491 e. The molecule has 3 aromatic carbocycles. The molecule has 0 spiro atoms. The molecule has 8 nitrogen and oxygen atoms in total. The van der Waals surface area contributed by atoms with Crippen molar-refractivity contribution in [2.24, 2.45) is 0 Å². The van der Waals surface area contributed by atoms with Crippen molar-refractivity contribution in [1.82, 2.24) is 0 Å². The van der Waals surface area contributed by atoms with E-state index in [1.807, 2.05) is 0 Å². The summed E-state index contributed by atoms with van der Waals surface area (Å²) in [6, 6.07) is 17.4. The molecular formula is C31H26F2O8. The number of carbonyl (C=O) groups is 2. The van der Waals surface area contributed by atoms with E-state index >= 15 is 0 Å². The third-order valence-electron chi connectivity index (χ3n) is 5.91. The zero-order valence-corrected chi connectivity index (χ0v) is 21.7. The van der Waals surface area contributed by atoms with E-state index in [2.05, 4.69) is 0 Å². The minimum absolute atomic E-state index is 0.119. The first-order valence-corrected chi connectivity index (χ1v) is 12.8. The third kappa shape index (κ3) is 8.99. The van der Waals surface area contributed by atoms with Gasteiger partial charge in [-0.25, -0.2) is 18.4 Å². The van der Waals surface area contributed by atoms with Crippen LogP contribution in [-0.4, -0.2) is 50.6 Å². The Morgan fingerprint density at radius 2 is 1.20 bits per heavy atom. The number of ether oxygens (including phenoxy) is 6. The van der Waals surface area contributed by atoms with E-state index in [0.717, 1.165) is 18.2 Å². The summed E-state index contributed by atoms with van der Waals surface area (Å²) in [5, 5.41) is 0. The lowest BCUT2D eigenvalue weighted by Crippen LogP contribution is -2.08. The maximum absolute atomic E-state index is 13.7. The molecule has 2 fully saturated rings. The highest BCUT2D eigenvalue weighted by atomic mass is 19.3. The Kier molecular flexibility index (Phi) is 9.02. The average molecular weight is 565 g/mol. The number of epoxide rings is 2. The van der Waals surface area contributed by atoms with Crippen LogP contribution in [-0.2, 0) is 19.1 Å². The number of benzene rings is 3. The molecule has 2 atom stereocenters. The van der Waals surface area contributed by atoms with Gasteiger partial charge in [0.1, 0.15) is 48.4 Å². The van der Waals surface area contributed by atoms with Gasteiger partial charge in [-0.15, -0.1) is 0 Å². The Hall–Kier alpha value is -4.54. The van der Waals surface area contributed by atoms with Gasteiger partial charge in [0.2, 0.25) is 0 Å². The summed E-state index contributed by atoms with van der Waals surface area (Å²) in [7, 11) is 0. The molecule has 0 radical (unpaired) electrons. The van der Waals surface area contributed by atoms with Crippen molar-refractivity contribution in [2.75, 3.05) is 26.4 Å². The smallest absolute Gasteiger partial charge is 0.336 e. The monoisotopic (exact) mass is 564 g/mol. The van der Waals surface area contributed by atoms with Gasteiger partial charge >= 0.3 is 11.9 Å². The molecule has 2 aliphatic rings. The first-order chi connectivity index (χ1) is 19.9. The minimum atomic E-state index is -2.98. The van der Waals surface area contributed by atoms with Gasteiger partial charge < -0.3 is 28.4 Å². The second-order valence-electron chi connectivity index (χ2n) is 9.18. The summed E-state index contributed by atoms with van der Waals surface area (Å²) in [5.74, 6) is -0.726. The van der Waals surface area contributed by atoms with E-state index in [1.54, 1.807) is 48.5 Å². The second kappa shape index (κ2) is 13.2. The van der Waals surface area contributed by atoms with Gasteiger partial charge in [0.15, 0.2) is 0 Å². The molecule has 2 unspecified atom stereocenters. The first kappa shape index (κ1) is 28.0. The molecule has 0 N–H and O–H groups in total. The lowest BCUT2D eigenvalue weighted by Gasteiger charge is -2.10. The lowest BCUT2D eigenvalue weighted by atomic mass is 10.2. The number of carbonyl (C=O) groups excluding carboxylic acids is 2. The molecule has 5 rings (SSSR count). The van der Waals surface area contributed by atoms with E-state index in [9.17, 15) is 18.4 Å². The Labute approximate surface area is 234 Å². The number of esters is 2. The molecule has 0 aromatic heterocycles. The number of halogens is 2. The fourth-order valence-electron chi connectivity index (χ4n) is 3.53. The summed E-state index contributed by atoms with van der Waals surface area (Å²) >= 11 is 0. The predicted molar refractivity (Wildman–Crippen MR) is 144 cm³/mol. The zero-order chi connectivity index (χ0) is 28.6. The van der Waals surface area contributed by atoms with Crippen molar-refractivity contribution in [1.29, 1.82) is 0 Å². The molecule has 41 heavy (non-hydrogen) atoms. The average Bonchev–Trinajstić information content (AvgIpc) is 3.90. The molecule has 3 aromatic rings. The molecule has 2 saturated heterocycles. The maximum Gasteiger partial charge on any atom is 0.336 e. The topological polar surface area (TPSA) is 96.1 Å². The highest BCUT2D eigenvalue weighted by molar-refractivity contribution is 5.89. The van der Waals surface area contributed by atoms with Crippen molar-refractivity contribution in [3.63, 3.8) is 0 Å². The Balaban J connectivity index is 1.13. The maximum atomic E-state index is 13.7. The van der Waals surface area contributed by atoms with Gasteiger partial charge in [0, 0.05) is 12.2 Å². The molecule has 2 aliphatic heterocycles. The van der Waals surface area contributed by atoms with Gasteiger partial charge in [-0.05, 0) is 65.7 Å². The molecular weight excluding hydrogens is 538 g/mol. The Morgan fingerprint density at radius 3 is 1.66 bits per heavy atom. The van der Waals surface area contributed by atoms with Crippen molar-refractivity contribution in [3.05, 3.63) is 95.6 Å². The van der Waals surface area contributed by atoms with Crippen LogP contribution in [0.25, 0.3) is 12.2 Å². The third-order valence-corrected chi connectivity index (χ3v) is 5.91. The van der Waals surface area contributed by atoms with Gasteiger partial charge in [-0.1, -0.05) is 24.3 Å². The standard InChI is InChI=1S/C31H26F2O8/c32-31(33)27-15-24(40-29(34)13-5-20-1-7-22(8-2-20)36-16-25-18-38-25)11-12-28(27)41-30(35)14-6-21-3-9-23(10-4-21)37-17-26-19-39-26/h1-15,25-26,31H,16-19H2/b13-5-,14-6-. The summed E-state index contributed by atoms with van der Waals surface area (Å²) in [5.41, 5.74) is 0.817. The van der Waals surface area contributed by atoms with Crippen LogP contribution >= 0.6 is 0 Å². The highest BCUT2D eigenvalue weighted by Gasteiger charge is 2.23. The van der Waals surface area contributed by atoms with Crippen LogP contribution in [0.1, 0.15) is 23.1 Å². The zero-order valence-electron chi connectivity index (χ0n) is 21.7. The molecule has 0 amide bonds. The molecule has 0 aliphatic carbocycles. The number of alkyl halides is 2. The van der Waals surface area contributed by atoms with Gasteiger partial charge in [-0.2, -0.15) is 0 Å². The van der Waals surface area contributed by atoms with Crippen LogP contribution in [0.15, 0.2) is 78.9 Å². The van der Waals surface area contributed by atoms with Crippen molar-refractivity contribution in [3.8, 4) is 23.0 Å². The van der Waals surface area contributed by atoms with Gasteiger partial charge in [0.25, 0.3) is 6.43 Å². The SMILES string of the molecule is O=C(/C=C\c1ccc(OCC2CO2)cc1)Oc1ccc(OC(=O)/C=C\c2ccc(OCC3CO3)cc2)c(C(F)F)c1. The molecule has 2 heterocycles. The van der Waals surface area contributed by atoms with Crippen LogP contribution < -0.4 is 18.9 Å². The van der Waals surface area contributed by atoms with E-state index in [0.29, 0.717) is 49.1 Å². The van der Waals surface area contributed by atoms with E-state index < -0.39 is 23.9 Å². The van der Waals surface area contributed by atoms with Crippen molar-refractivity contribution < 1.29 is 46.8 Å². The predicted octanol–water partition coefficient (Wildman–Crippen LogP) is 5.42. The van der Waals surface area contributed by atoms with Crippen LogP contribution in [0.2, 0.25) is 0 Å². The van der Waals surface area contributed by atoms with Gasteiger partial charge in [0.05, 0.1) is 18.8 Å². The molecule has 212 valence electrons. The highest BCUT2D eigenvalue weighted by Crippen LogP contribution is 2.33. The second-order valence-corrected chi connectivity index (χ2v) is 9.18. The lowest BCUT2D eigenvalue weighted by molar-refractivity contribution is -0.130. The summed E-state index contributed by atoms with van der Waals surface area (Å²) in [6.45, 7) is 2.37. The van der Waals surface area contributed by atoms with Crippen molar-refractivity contribution >= 4 is 24.1 Å². The number of hydrogen-bond donors (Lipinski definition) is 0. The fraction of sp³-hybridized carbons (Fsp3) is 0.226. The summed E-state index contributed by atoms with van der Waals surface area (Å²) in [6.07, 6.45) is 2.63. The van der Waals surface area contributed by atoms with Gasteiger partial charge in [-0.3, -0.25) is 0 Å². The summed E-state index contributed by atoms with van der Waals surface area (Å²) in [4.78, 5) is 24.5. The van der Waals surface area contributed by atoms with Crippen LogP contribution in [0, 0.1) is 0 Å². The quantitative estimate of drug-likeness (QED) is 0.118. The first-order valence-electron chi connectivity index (χ1n) is 12.8. The fourth-order valence-corrected chi connectivity index (χ4v) is 3.53. The van der Waals surface area contributed by atoms with Crippen LogP contribution in [0.4, 0.5) is 8.78 Å². The largest absolute Gasteiger partial charge is 0.491 e. The number of rotatable bonds is 13. The van der Waals surface area contributed by atoms with Crippen LogP contribution in [0.5, 0.6) is 23.0 Å². The molecule has 0 saturated carbocycles. The Bertz CT molecular complexity index is 1410. The van der Waals surface area contributed by atoms with E-state index in [-0.39, 0.29) is 23.7 Å². The van der Waals surface area contributed by atoms with E-state index in [4.69, 9.17) is 28.4 Å². The van der Waals surface area contributed by atoms with Crippen molar-refractivity contribution in [2.45, 2.75) is 18.6 Å². The van der Waals surface area contributed by atoms with Crippen LogP contribution in [0.3, 0.4) is 0 Å².